The SMILES string of the molecule is COC(=O)N1CCC(N2CC3C(CNC(=O)c4cc(Cl)c(N)c5ccoc45)C3C2)CC1. The Labute approximate surface area is 185 Å². The van der Waals surface area contributed by atoms with Crippen LogP contribution in [-0.2, 0) is 4.74 Å². The zero-order valence-corrected chi connectivity index (χ0v) is 18.2. The van der Waals surface area contributed by atoms with Crippen molar-refractivity contribution in [3.63, 3.8) is 0 Å². The molecule has 1 saturated carbocycles. The van der Waals surface area contributed by atoms with Crippen LogP contribution in [0, 0.1) is 17.8 Å². The lowest BCUT2D eigenvalue weighted by atomic mass is 10.0. The van der Waals surface area contributed by atoms with E-state index in [2.05, 4.69) is 10.2 Å². The van der Waals surface area contributed by atoms with Gasteiger partial charge in [-0.3, -0.25) is 9.69 Å². The van der Waals surface area contributed by atoms with Gasteiger partial charge >= 0.3 is 6.09 Å². The summed E-state index contributed by atoms with van der Waals surface area (Å²) in [5, 5.41) is 4.08. The van der Waals surface area contributed by atoms with Crippen LogP contribution >= 0.6 is 11.6 Å². The predicted octanol–water partition coefficient (Wildman–Crippen LogP) is 2.81. The maximum Gasteiger partial charge on any atom is 0.409 e. The second-order valence-electron chi connectivity index (χ2n) is 8.83. The van der Waals surface area contributed by atoms with Crippen LogP contribution in [0.1, 0.15) is 23.2 Å². The van der Waals surface area contributed by atoms with E-state index in [-0.39, 0.29) is 12.0 Å². The molecule has 0 spiro atoms. The summed E-state index contributed by atoms with van der Waals surface area (Å²) < 4.78 is 10.3. The number of hydrogen-bond acceptors (Lipinski definition) is 6. The summed E-state index contributed by atoms with van der Waals surface area (Å²) in [5.74, 6) is 1.61. The van der Waals surface area contributed by atoms with E-state index >= 15 is 0 Å². The third-order valence-corrected chi connectivity index (χ3v) is 7.60. The van der Waals surface area contributed by atoms with Crippen LogP contribution in [0.5, 0.6) is 0 Å². The number of likely N-dealkylation sites (tertiary alicyclic amines) is 2. The number of ether oxygens (including phenoxy) is 1. The molecule has 0 radical (unpaired) electrons. The van der Waals surface area contributed by atoms with Gasteiger partial charge in [-0.25, -0.2) is 4.79 Å². The number of piperidine rings is 2. The molecule has 31 heavy (non-hydrogen) atoms. The largest absolute Gasteiger partial charge is 0.463 e. The van der Waals surface area contributed by atoms with E-state index in [1.807, 2.05) is 0 Å². The van der Waals surface area contributed by atoms with Gasteiger partial charge in [0.15, 0.2) is 0 Å². The second-order valence-corrected chi connectivity index (χ2v) is 9.23. The molecule has 5 rings (SSSR count). The molecule has 2 aromatic rings. The Morgan fingerprint density at radius 2 is 2.00 bits per heavy atom. The molecule has 2 atom stereocenters. The molecular weight excluding hydrogens is 420 g/mol. The normalized spacial score (nSPS) is 26.1. The number of hydrogen-bond donors (Lipinski definition) is 2. The highest BCUT2D eigenvalue weighted by Gasteiger charge is 2.56. The van der Waals surface area contributed by atoms with Crippen molar-refractivity contribution in [1.29, 1.82) is 0 Å². The Bertz CT molecular complexity index is 1000. The van der Waals surface area contributed by atoms with Crippen molar-refractivity contribution in [1.82, 2.24) is 15.1 Å². The minimum atomic E-state index is -0.229. The Hall–Kier alpha value is -2.45. The number of furan rings is 1. The molecular formula is C22H27ClN4O4. The Morgan fingerprint density at radius 1 is 1.29 bits per heavy atom. The first kappa shape index (κ1) is 20.5. The van der Waals surface area contributed by atoms with Crippen LogP contribution < -0.4 is 11.1 Å². The molecule has 1 aliphatic carbocycles. The van der Waals surface area contributed by atoms with Crippen LogP contribution in [0.3, 0.4) is 0 Å². The molecule has 3 N–H and O–H groups in total. The number of nitrogen functional groups attached to an aromatic ring is 1. The zero-order chi connectivity index (χ0) is 21.7. The summed E-state index contributed by atoms with van der Waals surface area (Å²) in [6.07, 6.45) is 3.27. The van der Waals surface area contributed by atoms with Crippen molar-refractivity contribution in [3.8, 4) is 0 Å². The fourth-order valence-corrected chi connectivity index (χ4v) is 5.64. The van der Waals surface area contributed by atoms with E-state index < -0.39 is 0 Å². The molecule has 2 aliphatic heterocycles. The van der Waals surface area contributed by atoms with Crippen molar-refractivity contribution < 1.29 is 18.7 Å². The molecule has 2 amide bonds. The first-order chi connectivity index (χ1) is 15.0. The summed E-state index contributed by atoms with van der Waals surface area (Å²) in [5.41, 5.74) is 7.30. The fraction of sp³-hybridized carbons (Fsp3) is 0.545. The number of amides is 2. The van der Waals surface area contributed by atoms with Gasteiger partial charge in [-0.1, -0.05) is 11.6 Å². The fourth-order valence-electron chi connectivity index (χ4n) is 5.43. The lowest BCUT2D eigenvalue weighted by Crippen LogP contribution is -2.47. The van der Waals surface area contributed by atoms with Crippen molar-refractivity contribution >= 4 is 40.3 Å². The summed E-state index contributed by atoms with van der Waals surface area (Å²) in [6.45, 7) is 4.32. The molecule has 3 aliphatic rings. The standard InChI is InChI=1S/C22H27ClN4O4/c1-30-22(29)26-5-2-12(3-6-26)27-10-16-15(17(16)11-27)9-25-21(28)14-8-18(23)19(24)13-4-7-31-20(13)14/h4,7-8,12,15-17H,2-3,5-6,9-11,24H2,1H3,(H,25,28). The third kappa shape index (κ3) is 3.61. The summed E-state index contributed by atoms with van der Waals surface area (Å²) in [7, 11) is 1.43. The van der Waals surface area contributed by atoms with E-state index in [1.165, 1.54) is 13.4 Å². The summed E-state index contributed by atoms with van der Waals surface area (Å²) in [4.78, 5) is 28.8. The van der Waals surface area contributed by atoms with E-state index in [9.17, 15) is 9.59 Å². The number of rotatable bonds is 4. The van der Waals surface area contributed by atoms with Crippen molar-refractivity contribution in [2.45, 2.75) is 18.9 Å². The van der Waals surface area contributed by atoms with Crippen molar-refractivity contribution in [2.75, 3.05) is 45.6 Å². The number of benzene rings is 1. The van der Waals surface area contributed by atoms with Crippen LogP contribution in [0.25, 0.3) is 11.0 Å². The number of anilines is 1. The zero-order valence-electron chi connectivity index (χ0n) is 17.5. The Balaban J connectivity index is 1.12. The van der Waals surface area contributed by atoms with Crippen molar-refractivity contribution in [3.05, 3.63) is 29.0 Å². The third-order valence-electron chi connectivity index (χ3n) is 7.28. The van der Waals surface area contributed by atoms with Gasteiger partial charge in [0.2, 0.25) is 0 Å². The van der Waals surface area contributed by atoms with Gasteiger partial charge in [0.05, 0.1) is 29.6 Å². The molecule has 2 unspecified atom stereocenters. The number of carbonyl (C=O) groups is 2. The average Bonchev–Trinajstić information content (AvgIpc) is 3.16. The molecule has 9 heteroatoms. The second kappa shape index (κ2) is 7.91. The summed E-state index contributed by atoms with van der Waals surface area (Å²) in [6, 6.07) is 3.84. The monoisotopic (exact) mass is 446 g/mol. The van der Waals surface area contributed by atoms with Gasteiger partial charge in [0, 0.05) is 44.2 Å². The number of carbonyl (C=O) groups excluding carboxylic acids is 2. The van der Waals surface area contributed by atoms with E-state index in [0.717, 1.165) is 39.0 Å². The van der Waals surface area contributed by atoms with Gasteiger partial charge < -0.3 is 25.1 Å². The van der Waals surface area contributed by atoms with Crippen LogP contribution in [0.4, 0.5) is 10.5 Å². The van der Waals surface area contributed by atoms with Crippen LogP contribution in [0.15, 0.2) is 22.8 Å². The number of fused-ring (bicyclic) bond motifs is 2. The Morgan fingerprint density at radius 3 is 2.68 bits per heavy atom. The Kier molecular flexibility index (Phi) is 5.22. The maximum absolute atomic E-state index is 12.8. The highest BCUT2D eigenvalue weighted by molar-refractivity contribution is 6.35. The number of nitrogens with one attached hydrogen (secondary N) is 1. The molecule has 8 nitrogen and oxygen atoms in total. The van der Waals surface area contributed by atoms with Gasteiger partial charge in [0.25, 0.3) is 5.91 Å². The molecule has 1 aromatic carbocycles. The molecule has 3 heterocycles. The first-order valence-corrected chi connectivity index (χ1v) is 11.2. The van der Waals surface area contributed by atoms with Gasteiger partial charge in [-0.2, -0.15) is 0 Å². The molecule has 166 valence electrons. The van der Waals surface area contributed by atoms with Crippen LogP contribution in [-0.4, -0.2) is 67.7 Å². The first-order valence-electron chi connectivity index (χ1n) is 10.8. The summed E-state index contributed by atoms with van der Waals surface area (Å²) >= 11 is 6.19. The molecule has 0 bridgehead atoms. The van der Waals surface area contributed by atoms with Crippen molar-refractivity contribution in [2.24, 2.45) is 17.8 Å². The number of nitrogens with two attached hydrogens (primary N) is 1. The van der Waals surface area contributed by atoms with E-state index in [0.29, 0.717) is 57.6 Å². The maximum atomic E-state index is 12.8. The van der Waals surface area contributed by atoms with E-state index in [4.69, 9.17) is 26.5 Å². The highest BCUT2D eigenvalue weighted by Crippen LogP contribution is 2.52. The van der Waals surface area contributed by atoms with E-state index in [1.54, 1.807) is 17.0 Å². The van der Waals surface area contributed by atoms with Gasteiger partial charge in [0.1, 0.15) is 5.58 Å². The minimum absolute atomic E-state index is 0.182. The predicted molar refractivity (Wildman–Crippen MR) is 117 cm³/mol. The minimum Gasteiger partial charge on any atom is -0.463 e. The number of halogens is 1. The number of methoxy groups -OCH3 is 1. The van der Waals surface area contributed by atoms with Crippen LogP contribution in [0.2, 0.25) is 5.02 Å². The van der Waals surface area contributed by atoms with Gasteiger partial charge in [-0.15, -0.1) is 0 Å². The topological polar surface area (TPSA) is 101 Å². The van der Waals surface area contributed by atoms with Gasteiger partial charge in [-0.05, 0) is 42.7 Å². The molecule has 2 saturated heterocycles. The quantitative estimate of drug-likeness (QED) is 0.700. The highest BCUT2D eigenvalue weighted by atomic mass is 35.5. The molecule has 1 aromatic heterocycles. The number of nitrogens with zero attached hydrogens (tertiary/aromatic N) is 2. The average molecular weight is 447 g/mol. The lowest BCUT2D eigenvalue weighted by Gasteiger charge is -2.37. The molecule has 3 fully saturated rings. The smallest absolute Gasteiger partial charge is 0.409 e. The lowest BCUT2D eigenvalue weighted by molar-refractivity contribution is 0.0855.